The Hall–Kier alpha value is -2.62. The molecular weight excluding hydrogens is 251 g/mol. The van der Waals surface area contributed by atoms with Gasteiger partial charge in [0.05, 0.1) is 0 Å². The number of rotatable bonds is 2. The standard InChI is InChI=1S/C16H9BO3/c18-17-20-14-7-3-6-13-15(14)12-9-8-10-4-1-2-5-11(10)16(12)19-13/h1-9H. The molecule has 0 saturated carbocycles. The normalized spacial score (nSPS) is 11.0. The molecule has 0 aliphatic rings. The van der Waals surface area contributed by atoms with E-state index in [0.717, 1.165) is 32.7 Å². The molecule has 0 amide bonds. The quantitative estimate of drug-likeness (QED) is 0.509. The first-order chi connectivity index (χ1) is 9.88. The van der Waals surface area contributed by atoms with Gasteiger partial charge in [0.1, 0.15) is 0 Å². The zero-order chi connectivity index (χ0) is 13.5. The Kier molecular flexibility index (Phi) is 2.36. The molecule has 0 bridgehead atoms. The summed E-state index contributed by atoms with van der Waals surface area (Å²) in [4.78, 5) is 0. The van der Waals surface area contributed by atoms with Gasteiger partial charge in [0.15, 0.2) is 0 Å². The first-order valence-electron chi connectivity index (χ1n) is 6.32. The summed E-state index contributed by atoms with van der Waals surface area (Å²) in [6, 6.07) is 17.6. The molecule has 20 heavy (non-hydrogen) atoms. The van der Waals surface area contributed by atoms with Crippen LogP contribution in [0.15, 0.2) is 59.0 Å². The molecule has 0 spiro atoms. The number of benzene rings is 3. The van der Waals surface area contributed by atoms with Gasteiger partial charge in [-0.25, -0.2) is 0 Å². The number of hydrogen-bond acceptors (Lipinski definition) is 3. The topological polar surface area (TPSA) is 39.4 Å². The van der Waals surface area contributed by atoms with E-state index in [4.69, 9.17) is 9.07 Å². The van der Waals surface area contributed by atoms with Gasteiger partial charge in [0.25, 0.3) is 0 Å². The van der Waals surface area contributed by atoms with E-state index in [1.165, 1.54) is 0 Å². The van der Waals surface area contributed by atoms with E-state index in [2.05, 4.69) is 0 Å². The van der Waals surface area contributed by atoms with Crippen LogP contribution in [0.25, 0.3) is 32.7 Å². The molecule has 0 N–H and O–H groups in total. The van der Waals surface area contributed by atoms with Crippen LogP contribution in [0.3, 0.4) is 0 Å². The molecule has 0 saturated heterocycles. The maximum absolute atomic E-state index is 10.6. The second-order valence-corrected chi connectivity index (χ2v) is 4.61. The summed E-state index contributed by atoms with van der Waals surface area (Å²) in [5.41, 5.74) is 1.54. The van der Waals surface area contributed by atoms with Gasteiger partial charge < -0.3 is 0 Å². The molecule has 4 heteroatoms. The molecule has 0 unspecified atom stereocenters. The monoisotopic (exact) mass is 260 g/mol. The van der Waals surface area contributed by atoms with Crippen LogP contribution in [-0.2, 0) is 4.70 Å². The number of furan rings is 1. The van der Waals surface area contributed by atoms with Crippen molar-refractivity contribution in [3.05, 3.63) is 54.6 Å². The second kappa shape index (κ2) is 4.20. The van der Waals surface area contributed by atoms with Gasteiger partial charge in [-0.1, -0.05) is 0 Å². The molecule has 4 aromatic rings. The third kappa shape index (κ3) is 1.48. The zero-order valence-corrected chi connectivity index (χ0v) is 10.5. The molecule has 0 aliphatic carbocycles. The van der Waals surface area contributed by atoms with Crippen molar-refractivity contribution in [2.75, 3.05) is 0 Å². The van der Waals surface area contributed by atoms with Crippen molar-refractivity contribution in [2.24, 2.45) is 0 Å². The Balaban J connectivity index is 2.22. The van der Waals surface area contributed by atoms with Crippen LogP contribution in [0.1, 0.15) is 0 Å². The fourth-order valence-electron chi connectivity index (χ4n) is 2.67. The van der Waals surface area contributed by atoms with Crippen molar-refractivity contribution >= 4 is 40.1 Å². The van der Waals surface area contributed by atoms with E-state index >= 15 is 0 Å². The van der Waals surface area contributed by atoms with Crippen molar-refractivity contribution in [2.45, 2.75) is 0 Å². The molecule has 4 rings (SSSR count). The fraction of sp³-hybridized carbons (Fsp3) is 0. The summed E-state index contributed by atoms with van der Waals surface area (Å²) < 4.78 is 21.6. The number of hydrogen-bond donors (Lipinski definition) is 0. The van der Waals surface area contributed by atoms with Crippen molar-refractivity contribution in [3.63, 3.8) is 0 Å². The molecule has 94 valence electrons. The summed E-state index contributed by atoms with van der Waals surface area (Å²) in [5, 5.41) is 3.96. The van der Waals surface area contributed by atoms with E-state index in [1.807, 2.05) is 48.5 Å². The Bertz CT molecular complexity index is 956. The molecule has 3 aromatic carbocycles. The fourth-order valence-corrected chi connectivity index (χ4v) is 2.67. The third-order valence-corrected chi connectivity index (χ3v) is 3.52. The summed E-state index contributed by atoms with van der Waals surface area (Å²) in [6.07, 6.45) is 0. The van der Waals surface area contributed by atoms with Crippen LogP contribution in [0.5, 0.6) is 5.75 Å². The van der Waals surface area contributed by atoms with Gasteiger partial charge in [0, 0.05) is 0 Å². The molecule has 0 radical (unpaired) electrons. The van der Waals surface area contributed by atoms with Crippen LogP contribution in [0.2, 0.25) is 0 Å². The van der Waals surface area contributed by atoms with Crippen molar-refractivity contribution in [1.29, 1.82) is 0 Å². The summed E-state index contributed by atoms with van der Waals surface area (Å²) >= 11 is 0. The molecule has 0 aliphatic heterocycles. The number of fused-ring (bicyclic) bond motifs is 5. The van der Waals surface area contributed by atoms with Crippen LogP contribution in [0, 0.1) is 0 Å². The molecule has 1 heterocycles. The SMILES string of the molecule is O=BOc1cccc2oc3c4ccccc4ccc3c12. The van der Waals surface area contributed by atoms with E-state index in [0.29, 0.717) is 13.1 Å². The Morgan fingerprint density at radius 1 is 0.900 bits per heavy atom. The van der Waals surface area contributed by atoms with Crippen LogP contribution < -0.4 is 4.65 Å². The zero-order valence-electron chi connectivity index (χ0n) is 10.5. The molecule has 0 fully saturated rings. The van der Waals surface area contributed by atoms with Crippen LogP contribution in [0.4, 0.5) is 0 Å². The van der Waals surface area contributed by atoms with Gasteiger partial charge >= 0.3 is 114 Å². The van der Waals surface area contributed by atoms with Gasteiger partial charge in [0.2, 0.25) is 0 Å². The Labute approximate surface area is 115 Å². The minimum absolute atomic E-state index is 0.439. The van der Waals surface area contributed by atoms with Crippen molar-refractivity contribution in [1.82, 2.24) is 0 Å². The van der Waals surface area contributed by atoms with E-state index in [-0.39, 0.29) is 0 Å². The predicted octanol–water partition coefficient (Wildman–Crippen LogP) is 4.08. The summed E-state index contributed by atoms with van der Waals surface area (Å²) in [6.45, 7) is 0. The molecular formula is C16H9BO3. The first-order valence-corrected chi connectivity index (χ1v) is 6.32. The Morgan fingerprint density at radius 2 is 1.80 bits per heavy atom. The Morgan fingerprint density at radius 3 is 2.70 bits per heavy atom. The van der Waals surface area contributed by atoms with Gasteiger partial charge in [-0.15, -0.1) is 0 Å². The van der Waals surface area contributed by atoms with Gasteiger partial charge in [-0.05, 0) is 0 Å². The average Bonchev–Trinajstić information content (AvgIpc) is 2.87. The predicted molar refractivity (Wildman–Crippen MR) is 78.3 cm³/mol. The van der Waals surface area contributed by atoms with Gasteiger partial charge in [-0.2, -0.15) is 0 Å². The van der Waals surface area contributed by atoms with E-state index in [1.54, 1.807) is 6.07 Å². The van der Waals surface area contributed by atoms with Crippen LogP contribution >= 0.6 is 0 Å². The molecule has 1 aromatic heterocycles. The first kappa shape index (κ1) is 11.2. The van der Waals surface area contributed by atoms with E-state index in [9.17, 15) is 4.70 Å². The average molecular weight is 260 g/mol. The second-order valence-electron chi connectivity index (χ2n) is 4.61. The third-order valence-electron chi connectivity index (χ3n) is 3.52. The van der Waals surface area contributed by atoms with Crippen molar-refractivity contribution in [3.8, 4) is 5.75 Å². The summed E-state index contributed by atoms with van der Waals surface area (Å²) in [7, 11) is 0.439. The summed E-state index contributed by atoms with van der Waals surface area (Å²) in [5.74, 6) is 0.520. The van der Waals surface area contributed by atoms with E-state index < -0.39 is 0 Å². The van der Waals surface area contributed by atoms with Crippen LogP contribution in [-0.4, -0.2) is 7.35 Å². The minimum atomic E-state index is 0.439. The van der Waals surface area contributed by atoms with Crippen molar-refractivity contribution < 1.29 is 13.8 Å². The molecule has 0 atom stereocenters. The maximum atomic E-state index is 10.6. The molecule has 3 nitrogen and oxygen atoms in total. The van der Waals surface area contributed by atoms with Gasteiger partial charge in [-0.3, -0.25) is 0 Å².